The zero-order valence-electron chi connectivity index (χ0n) is 11.0. The Bertz CT molecular complexity index is 503. The third kappa shape index (κ3) is 1.84. The molecule has 1 amide bonds. The highest BCUT2D eigenvalue weighted by Gasteiger charge is 2.43. The zero-order chi connectivity index (χ0) is 13.0. The molecule has 0 spiro atoms. The number of carbonyl (C=O) groups excluding carboxylic acids is 1. The van der Waals surface area contributed by atoms with E-state index < -0.39 is 0 Å². The lowest BCUT2D eigenvalue weighted by Gasteiger charge is -2.17. The summed E-state index contributed by atoms with van der Waals surface area (Å²) in [5.74, 6) is 1.06. The third-order valence-electron chi connectivity index (χ3n) is 5.06. The lowest BCUT2D eigenvalue weighted by molar-refractivity contribution is 0.0757. The summed E-state index contributed by atoms with van der Waals surface area (Å²) in [5, 5.41) is 9.93. The van der Waals surface area contributed by atoms with Crippen LogP contribution < -0.4 is 0 Å². The van der Waals surface area contributed by atoms with E-state index in [9.17, 15) is 9.90 Å². The SMILES string of the molecule is O=C(c1cc2c(s1)CCC2)N1CC2CCC(O)C2C1. The highest BCUT2D eigenvalue weighted by atomic mass is 32.1. The molecule has 2 fully saturated rings. The number of nitrogens with zero attached hydrogens (tertiary/aromatic N) is 1. The van der Waals surface area contributed by atoms with Crippen molar-refractivity contribution < 1.29 is 9.90 Å². The molecule has 19 heavy (non-hydrogen) atoms. The van der Waals surface area contributed by atoms with Crippen LogP contribution in [0.3, 0.4) is 0 Å². The van der Waals surface area contributed by atoms with Gasteiger partial charge in [0.1, 0.15) is 0 Å². The smallest absolute Gasteiger partial charge is 0.263 e. The Labute approximate surface area is 117 Å². The Morgan fingerprint density at radius 1 is 1.32 bits per heavy atom. The molecule has 1 saturated carbocycles. The molecule has 0 radical (unpaired) electrons. The van der Waals surface area contributed by atoms with Gasteiger partial charge in [0.05, 0.1) is 11.0 Å². The molecule has 1 aromatic heterocycles. The molecule has 3 atom stereocenters. The van der Waals surface area contributed by atoms with E-state index in [1.54, 1.807) is 11.3 Å². The van der Waals surface area contributed by atoms with E-state index in [-0.39, 0.29) is 12.0 Å². The van der Waals surface area contributed by atoms with Crippen LogP contribution in [0, 0.1) is 11.8 Å². The first-order valence-electron chi connectivity index (χ1n) is 7.31. The molecule has 3 aliphatic rings. The summed E-state index contributed by atoms with van der Waals surface area (Å²) in [5.41, 5.74) is 1.40. The molecule has 1 N–H and O–H groups in total. The maximum Gasteiger partial charge on any atom is 0.263 e. The first-order valence-corrected chi connectivity index (χ1v) is 8.13. The molecule has 1 aromatic rings. The summed E-state index contributed by atoms with van der Waals surface area (Å²) in [6.45, 7) is 1.61. The Morgan fingerprint density at radius 3 is 3.00 bits per heavy atom. The topological polar surface area (TPSA) is 40.5 Å². The van der Waals surface area contributed by atoms with Gasteiger partial charge in [-0.3, -0.25) is 4.79 Å². The molecule has 3 unspecified atom stereocenters. The fourth-order valence-corrected chi connectivity index (χ4v) is 5.21. The average Bonchev–Trinajstić information content (AvgIpc) is 3.09. The van der Waals surface area contributed by atoms with Gasteiger partial charge in [0.15, 0.2) is 0 Å². The van der Waals surface area contributed by atoms with Gasteiger partial charge < -0.3 is 10.0 Å². The van der Waals surface area contributed by atoms with Gasteiger partial charge in [-0.15, -0.1) is 11.3 Å². The number of aryl methyl sites for hydroxylation is 2. The minimum Gasteiger partial charge on any atom is -0.393 e. The van der Waals surface area contributed by atoms with Crippen LogP contribution in [0.5, 0.6) is 0 Å². The summed E-state index contributed by atoms with van der Waals surface area (Å²) in [6.07, 6.45) is 5.35. The van der Waals surface area contributed by atoms with Gasteiger partial charge in [0, 0.05) is 23.9 Å². The van der Waals surface area contributed by atoms with Crippen LogP contribution in [-0.2, 0) is 12.8 Å². The van der Waals surface area contributed by atoms with Crippen molar-refractivity contribution in [3.8, 4) is 0 Å². The summed E-state index contributed by atoms with van der Waals surface area (Å²) < 4.78 is 0. The molecular formula is C15H19NO2S. The van der Waals surface area contributed by atoms with Gasteiger partial charge >= 0.3 is 0 Å². The van der Waals surface area contributed by atoms with Gasteiger partial charge in [0.25, 0.3) is 5.91 Å². The largest absolute Gasteiger partial charge is 0.393 e. The van der Waals surface area contributed by atoms with Crippen molar-refractivity contribution in [1.82, 2.24) is 4.90 Å². The molecule has 102 valence electrons. The van der Waals surface area contributed by atoms with Crippen LogP contribution in [0.15, 0.2) is 6.07 Å². The van der Waals surface area contributed by atoms with E-state index >= 15 is 0 Å². The summed E-state index contributed by atoms with van der Waals surface area (Å²) >= 11 is 1.69. The van der Waals surface area contributed by atoms with Gasteiger partial charge in [-0.05, 0) is 49.7 Å². The highest BCUT2D eigenvalue weighted by Crippen LogP contribution is 2.39. The minimum atomic E-state index is -0.184. The first kappa shape index (κ1) is 11.9. The van der Waals surface area contributed by atoms with E-state index in [1.807, 2.05) is 4.90 Å². The van der Waals surface area contributed by atoms with Crippen molar-refractivity contribution in [3.05, 3.63) is 21.4 Å². The third-order valence-corrected chi connectivity index (χ3v) is 6.29. The van der Waals surface area contributed by atoms with Crippen LogP contribution >= 0.6 is 11.3 Å². The molecule has 2 aliphatic carbocycles. The molecule has 4 heteroatoms. The Kier molecular flexibility index (Phi) is 2.71. The van der Waals surface area contributed by atoms with Crippen LogP contribution in [-0.4, -0.2) is 35.1 Å². The van der Waals surface area contributed by atoms with Crippen LogP contribution in [0.25, 0.3) is 0 Å². The Balaban J connectivity index is 1.52. The summed E-state index contributed by atoms with van der Waals surface area (Å²) in [7, 11) is 0. The molecular weight excluding hydrogens is 258 g/mol. The Morgan fingerprint density at radius 2 is 2.21 bits per heavy atom. The van der Waals surface area contributed by atoms with Gasteiger partial charge in [-0.25, -0.2) is 0 Å². The van der Waals surface area contributed by atoms with E-state index in [1.165, 1.54) is 16.9 Å². The highest BCUT2D eigenvalue weighted by molar-refractivity contribution is 7.14. The predicted octanol–water partition coefficient (Wildman–Crippen LogP) is 2.08. The van der Waals surface area contributed by atoms with Gasteiger partial charge in [0.2, 0.25) is 0 Å². The molecule has 4 rings (SSSR count). The number of hydrogen-bond acceptors (Lipinski definition) is 3. The number of amides is 1. The van der Waals surface area contributed by atoms with Crippen molar-refractivity contribution in [2.75, 3.05) is 13.1 Å². The average molecular weight is 277 g/mol. The number of rotatable bonds is 1. The predicted molar refractivity (Wildman–Crippen MR) is 74.5 cm³/mol. The van der Waals surface area contributed by atoms with Gasteiger partial charge in [-0.1, -0.05) is 0 Å². The van der Waals surface area contributed by atoms with Crippen molar-refractivity contribution >= 4 is 17.2 Å². The normalized spacial score (nSPS) is 32.7. The van der Waals surface area contributed by atoms with E-state index in [2.05, 4.69) is 6.07 Å². The second-order valence-corrected chi connectivity index (χ2v) is 7.33. The van der Waals surface area contributed by atoms with E-state index in [0.717, 1.165) is 43.6 Å². The zero-order valence-corrected chi connectivity index (χ0v) is 11.8. The lowest BCUT2D eigenvalue weighted by Crippen LogP contribution is -2.30. The van der Waals surface area contributed by atoms with Crippen molar-refractivity contribution in [2.24, 2.45) is 11.8 Å². The summed E-state index contributed by atoms with van der Waals surface area (Å²) in [4.78, 5) is 16.9. The fraction of sp³-hybridized carbons (Fsp3) is 0.667. The second-order valence-electron chi connectivity index (χ2n) is 6.19. The van der Waals surface area contributed by atoms with Crippen LogP contribution in [0.4, 0.5) is 0 Å². The van der Waals surface area contributed by atoms with Crippen molar-refractivity contribution in [2.45, 2.75) is 38.2 Å². The molecule has 0 aromatic carbocycles. The quantitative estimate of drug-likeness (QED) is 0.854. The van der Waals surface area contributed by atoms with E-state index in [0.29, 0.717) is 11.8 Å². The Hall–Kier alpha value is -0.870. The van der Waals surface area contributed by atoms with Crippen molar-refractivity contribution in [1.29, 1.82) is 0 Å². The van der Waals surface area contributed by atoms with Crippen molar-refractivity contribution in [3.63, 3.8) is 0 Å². The maximum atomic E-state index is 12.5. The number of thiophene rings is 1. The number of likely N-dealkylation sites (tertiary alicyclic amines) is 1. The fourth-order valence-electron chi connectivity index (χ4n) is 3.99. The lowest BCUT2D eigenvalue weighted by atomic mass is 10.00. The maximum absolute atomic E-state index is 12.5. The molecule has 1 saturated heterocycles. The monoisotopic (exact) mass is 277 g/mol. The summed E-state index contributed by atoms with van der Waals surface area (Å²) in [6, 6.07) is 2.11. The standard InChI is InChI=1S/C15H19NO2S/c17-12-5-4-10-7-16(8-11(10)12)15(18)14-6-9-2-1-3-13(9)19-14/h6,10-12,17H,1-5,7-8H2. The van der Waals surface area contributed by atoms with Gasteiger partial charge in [-0.2, -0.15) is 0 Å². The van der Waals surface area contributed by atoms with Crippen LogP contribution in [0.2, 0.25) is 0 Å². The number of aliphatic hydroxyl groups is 1. The molecule has 0 bridgehead atoms. The molecule has 1 aliphatic heterocycles. The van der Waals surface area contributed by atoms with Crippen LogP contribution in [0.1, 0.15) is 39.4 Å². The molecule has 2 heterocycles. The molecule has 3 nitrogen and oxygen atoms in total. The number of fused-ring (bicyclic) bond motifs is 2. The number of carbonyl (C=O) groups is 1. The second kappa shape index (κ2) is 4.32. The van der Waals surface area contributed by atoms with E-state index in [4.69, 9.17) is 0 Å². The number of hydrogen-bond donors (Lipinski definition) is 1. The minimum absolute atomic E-state index is 0.184. The first-order chi connectivity index (χ1) is 9.22. The number of aliphatic hydroxyl groups excluding tert-OH is 1.